The van der Waals surface area contributed by atoms with E-state index in [0.29, 0.717) is 32.1 Å². The molecule has 0 aliphatic rings. The number of nitrogens with zero attached hydrogens (tertiary/aromatic N) is 3. The first-order valence-corrected chi connectivity index (χ1v) is 6.94. The SMILES string of the molecule is COCCN(CCCN)c1nccn(C(C)(C)C)c1=O. The standard InChI is InChI=1S/C14H26N4O2/c1-14(2,3)18-9-7-16-12(13(18)19)17(8-5-6-15)10-11-20-4/h7,9H,5-6,8,10-11,15H2,1-4H3. The monoisotopic (exact) mass is 282 g/mol. The number of anilines is 1. The lowest BCUT2D eigenvalue weighted by Gasteiger charge is -2.26. The molecule has 0 saturated carbocycles. The average Bonchev–Trinajstić information content (AvgIpc) is 2.38. The molecule has 20 heavy (non-hydrogen) atoms. The van der Waals surface area contributed by atoms with Crippen LogP contribution >= 0.6 is 0 Å². The zero-order chi connectivity index (χ0) is 15.2. The van der Waals surface area contributed by atoms with E-state index in [1.807, 2.05) is 25.7 Å². The third kappa shape index (κ3) is 4.31. The molecule has 2 N–H and O–H groups in total. The molecule has 1 rings (SSSR count). The van der Waals surface area contributed by atoms with Crippen molar-refractivity contribution in [3.05, 3.63) is 22.7 Å². The van der Waals surface area contributed by atoms with Crippen LogP contribution in [0.3, 0.4) is 0 Å². The fraction of sp³-hybridized carbons (Fsp3) is 0.714. The molecule has 0 unspecified atom stereocenters. The highest BCUT2D eigenvalue weighted by Crippen LogP contribution is 2.12. The van der Waals surface area contributed by atoms with Crippen LogP contribution < -0.4 is 16.2 Å². The maximum atomic E-state index is 12.6. The van der Waals surface area contributed by atoms with Crippen molar-refractivity contribution in [2.75, 3.05) is 38.3 Å². The molecule has 1 aromatic heterocycles. The number of rotatable bonds is 7. The average molecular weight is 282 g/mol. The van der Waals surface area contributed by atoms with E-state index in [9.17, 15) is 4.79 Å². The van der Waals surface area contributed by atoms with Crippen LogP contribution in [0.15, 0.2) is 17.2 Å². The van der Waals surface area contributed by atoms with E-state index in [4.69, 9.17) is 10.5 Å². The number of nitrogens with two attached hydrogens (primary N) is 1. The molecule has 1 heterocycles. The van der Waals surface area contributed by atoms with E-state index in [2.05, 4.69) is 4.98 Å². The number of methoxy groups -OCH3 is 1. The van der Waals surface area contributed by atoms with Crippen LogP contribution in [0.4, 0.5) is 5.82 Å². The number of aromatic nitrogens is 2. The summed E-state index contributed by atoms with van der Waals surface area (Å²) < 4.78 is 6.81. The summed E-state index contributed by atoms with van der Waals surface area (Å²) in [6, 6.07) is 0. The van der Waals surface area contributed by atoms with Gasteiger partial charge in [-0.2, -0.15) is 0 Å². The van der Waals surface area contributed by atoms with Gasteiger partial charge in [0.15, 0.2) is 5.82 Å². The highest BCUT2D eigenvalue weighted by Gasteiger charge is 2.19. The van der Waals surface area contributed by atoms with Gasteiger partial charge in [0.05, 0.1) is 6.61 Å². The van der Waals surface area contributed by atoms with Crippen LogP contribution in [0.1, 0.15) is 27.2 Å². The molecule has 6 heteroatoms. The van der Waals surface area contributed by atoms with Crippen molar-refractivity contribution in [1.29, 1.82) is 0 Å². The van der Waals surface area contributed by atoms with Crippen molar-refractivity contribution in [1.82, 2.24) is 9.55 Å². The van der Waals surface area contributed by atoms with E-state index < -0.39 is 0 Å². The second-order valence-corrected chi connectivity index (χ2v) is 5.72. The third-order valence-electron chi connectivity index (χ3n) is 3.04. The normalized spacial score (nSPS) is 11.7. The summed E-state index contributed by atoms with van der Waals surface area (Å²) in [6.45, 7) is 8.47. The van der Waals surface area contributed by atoms with Gasteiger partial charge in [0.25, 0.3) is 5.56 Å². The summed E-state index contributed by atoms with van der Waals surface area (Å²) in [5.41, 5.74) is 5.22. The molecule has 0 bridgehead atoms. The molecule has 0 aliphatic heterocycles. The van der Waals surface area contributed by atoms with Crippen molar-refractivity contribution in [2.24, 2.45) is 5.73 Å². The Morgan fingerprint density at radius 1 is 1.40 bits per heavy atom. The Kier molecular flexibility index (Phi) is 6.16. The molecule has 0 saturated heterocycles. The van der Waals surface area contributed by atoms with Crippen LogP contribution in [0.25, 0.3) is 0 Å². The molecule has 0 radical (unpaired) electrons. The lowest BCUT2D eigenvalue weighted by atomic mass is 10.1. The van der Waals surface area contributed by atoms with Gasteiger partial charge in [-0.3, -0.25) is 4.79 Å². The van der Waals surface area contributed by atoms with E-state index in [1.165, 1.54) is 0 Å². The zero-order valence-corrected chi connectivity index (χ0v) is 12.9. The largest absolute Gasteiger partial charge is 0.383 e. The molecular weight excluding hydrogens is 256 g/mol. The van der Waals surface area contributed by atoms with Crippen LogP contribution in [0.2, 0.25) is 0 Å². The molecule has 0 aromatic carbocycles. The third-order valence-corrected chi connectivity index (χ3v) is 3.04. The molecule has 6 nitrogen and oxygen atoms in total. The molecule has 0 amide bonds. The van der Waals surface area contributed by atoms with E-state index in [0.717, 1.165) is 6.42 Å². The van der Waals surface area contributed by atoms with Gasteiger partial charge in [-0.25, -0.2) is 4.98 Å². The fourth-order valence-corrected chi connectivity index (χ4v) is 1.95. The van der Waals surface area contributed by atoms with Crippen molar-refractivity contribution in [2.45, 2.75) is 32.7 Å². The Hall–Kier alpha value is -1.40. The quantitative estimate of drug-likeness (QED) is 0.801. The van der Waals surface area contributed by atoms with Gasteiger partial charge in [-0.1, -0.05) is 0 Å². The Balaban J connectivity index is 3.10. The summed E-state index contributed by atoms with van der Waals surface area (Å²) in [5.74, 6) is 0.466. The van der Waals surface area contributed by atoms with Gasteiger partial charge in [-0.15, -0.1) is 0 Å². The van der Waals surface area contributed by atoms with Crippen molar-refractivity contribution < 1.29 is 4.74 Å². The Morgan fingerprint density at radius 2 is 2.10 bits per heavy atom. The summed E-state index contributed by atoms with van der Waals surface area (Å²) in [6.07, 6.45) is 4.21. The molecule has 114 valence electrons. The lowest BCUT2D eigenvalue weighted by Crippen LogP contribution is -2.40. The van der Waals surface area contributed by atoms with Gasteiger partial charge in [-0.05, 0) is 33.7 Å². The first kappa shape index (κ1) is 16.7. The first-order chi connectivity index (χ1) is 9.41. The minimum absolute atomic E-state index is 0.0758. The zero-order valence-electron chi connectivity index (χ0n) is 12.9. The molecule has 0 fully saturated rings. The van der Waals surface area contributed by atoms with Crippen LogP contribution in [-0.2, 0) is 10.3 Å². The highest BCUT2D eigenvalue weighted by molar-refractivity contribution is 5.35. The van der Waals surface area contributed by atoms with Gasteiger partial charge >= 0.3 is 0 Å². The Bertz CT molecular complexity index is 457. The number of hydrogen-bond donors (Lipinski definition) is 1. The summed E-state index contributed by atoms with van der Waals surface area (Å²) >= 11 is 0. The van der Waals surface area contributed by atoms with Gasteiger partial charge in [0, 0.05) is 38.1 Å². The van der Waals surface area contributed by atoms with Gasteiger partial charge in [0.2, 0.25) is 0 Å². The highest BCUT2D eigenvalue weighted by atomic mass is 16.5. The predicted molar refractivity (Wildman–Crippen MR) is 81.3 cm³/mol. The van der Waals surface area contributed by atoms with Crippen molar-refractivity contribution in [3.63, 3.8) is 0 Å². The molecule has 0 spiro atoms. The Labute approximate surface area is 120 Å². The van der Waals surface area contributed by atoms with Crippen LogP contribution in [0, 0.1) is 0 Å². The van der Waals surface area contributed by atoms with Crippen molar-refractivity contribution in [3.8, 4) is 0 Å². The van der Waals surface area contributed by atoms with E-state index in [-0.39, 0.29) is 11.1 Å². The van der Waals surface area contributed by atoms with Crippen molar-refractivity contribution >= 4 is 5.82 Å². The second kappa shape index (κ2) is 7.40. The first-order valence-electron chi connectivity index (χ1n) is 6.94. The summed E-state index contributed by atoms with van der Waals surface area (Å²) in [7, 11) is 1.65. The maximum Gasteiger partial charge on any atom is 0.293 e. The predicted octanol–water partition coefficient (Wildman–Crippen LogP) is 0.800. The smallest absolute Gasteiger partial charge is 0.293 e. The topological polar surface area (TPSA) is 73.4 Å². The molecular formula is C14H26N4O2. The van der Waals surface area contributed by atoms with E-state index >= 15 is 0 Å². The maximum absolute atomic E-state index is 12.6. The van der Waals surface area contributed by atoms with Crippen LogP contribution in [-0.4, -0.2) is 42.9 Å². The number of hydrogen-bond acceptors (Lipinski definition) is 5. The molecule has 1 aromatic rings. The summed E-state index contributed by atoms with van der Waals surface area (Å²) in [5, 5.41) is 0. The fourth-order valence-electron chi connectivity index (χ4n) is 1.95. The van der Waals surface area contributed by atoms with Crippen LogP contribution in [0.5, 0.6) is 0 Å². The Morgan fingerprint density at radius 3 is 2.65 bits per heavy atom. The minimum Gasteiger partial charge on any atom is -0.383 e. The molecule has 0 aliphatic carbocycles. The van der Waals surface area contributed by atoms with Gasteiger partial charge in [0.1, 0.15) is 0 Å². The van der Waals surface area contributed by atoms with E-state index in [1.54, 1.807) is 24.1 Å². The molecule has 0 atom stereocenters. The second-order valence-electron chi connectivity index (χ2n) is 5.72. The lowest BCUT2D eigenvalue weighted by molar-refractivity contribution is 0.205. The minimum atomic E-state index is -0.268. The van der Waals surface area contributed by atoms with Gasteiger partial charge < -0.3 is 19.9 Å². The summed E-state index contributed by atoms with van der Waals surface area (Å²) in [4.78, 5) is 18.8. The number of ether oxygens (including phenoxy) is 1.